The number of hydrogen-bond acceptors (Lipinski definition) is 5. The molecule has 0 amide bonds. The standard InChI is InChI=1S/C7H12N2O2S/c1-4-7(6(10)3-11-8)12-5(2)9-4/h6,10H,3,8H2,1-2H3. The minimum absolute atomic E-state index is 0.114. The molecule has 0 saturated heterocycles. The topological polar surface area (TPSA) is 68.4 Å². The number of hydrogen-bond donors (Lipinski definition) is 2. The molecule has 0 saturated carbocycles. The molecule has 1 atom stereocenters. The molecule has 0 aliphatic carbocycles. The smallest absolute Gasteiger partial charge is 0.115 e. The normalized spacial score (nSPS) is 13.3. The van der Waals surface area contributed by atoms with Gasteiger partial charge in [0.25, 0.3) is 0 Å². The van der Waals surface area contributed by atoms with Crippen LogP contribution in [-0.4, -0.2) is 16.7 Å². The molecule has 1 aromatic rings. The number of aliphatic hydroxyl groups excluding tert-OH is 1. The highest BCUT2D eigenvalue weighted by molar-refractivity contribution is 7.11. The lowest BCUT2D eigenvalue weighted by Gasteiger charge is -2.05. The molecule has 0 bridgehead atoms. The maximum atomic E-state index is 9.48. The lowest BCUT2D eigenvalue weighted by atomic mass is 10.3. The van der Waals surface area contributed by atoms with Crippen molar-refractivity contribution in [3.8, 4) is 0 Å². The van der Waals surface area contributed by atoms with Gasteiger partial charge >= 0.3 is 0 Å². The summed E-state index contributed by atoms with van der Waals surface area (Å²) in [6.07, 6.45) is -0.652. The van der Waals surface area contributed by atoms with Crippen molar-refractivity contribution in [2.45, 2.75) is 20.0 Å². The Morgan fingerprint density at radius 2 is 2.33 bits per heavy atom. The van der Waals surface area contributed by atoms with E-state index >= 15 is 0 Å². The minimum Gasteiger partial charge on any atom is -0.385 e. The first-order valence-corrected chi connectivity index (χ1v) is 4.40. The lowest BCUT2D eigenvalue weighted by Crippen LogP contribution is -2.10. The van der Waals surface area contributed by atoms with Crippen LogP contribution in [0.15, 0.2) is 0 Å². The molecule has 1 rings (SSSR count). The summed E-state index contributed by atoms with van der Waals surface area (Å²) in [5, 5.41) is 10.4. The van der Waals surface area contributed by atoms with Gasteiger partial charge in [-0.2, -0.15) is 0 Å². The van der Waals surface area contributed by atoms with Gasteiger partial charge in [0.1, 0.15) is 6.10 Å². The number of rotatable bonds is 3. The van der Waals surface area contributed by atoms with Gasteiger partial charge in [-0.3, -0.25) is 0 Å². The second-order valence-electron chi connectivity index (χ2n) is 2.53. The maximum absolute atomic E-state index is 9.48. The highest BCUT2D eigenvalue weighted by Crippen LogP contribution is 2.24. The quantitative estimate of drug-likeness (QED) is 0.684. The molecule has 1 unspecified atom stereocenters. The van der Waals surface area contributed by atoms with Crippen LogP contribution in [0.5, 0.6) is 0 Å². The summed E-state index contributed by atoms with van der Waals surface area (Å²) < 4.78 is 0. The van der Waals surface area contributed by atoms with E-state index in [1.807, 2.05) is 13.8 Å². The second-order valence-corrected chi connectivity index (χ2v) is 3.77. The van der Waals surface area contributed by atoms with Crippen molar-refractivity contribution in [2.75, 3.05) is 6.61 Å². The molecule has 0 aliphatic heterocycles. The molecule has 0 spiro atoms. The Morgan fingerprint density at radius 1 is 1.67 bits per heavy atom. The van der Waals surface area contributed by atoms with Gasteiger partial charge in [-0.05, 0) is 13.8 Å². The van der Waals surface area contributed by atoms with Gasteiger partial charge < -0.3 is 9.94 Å². The Balaban J connectivity index is 2.79. The Morgan fingerprint density at radius 3 is 2.75 bits per heavy atom. The SMILES string of the molecule is Cc1nc(C)c(C(O)CON)s1. The van der Waals surface area contributed by atoms with Crippen LogP contribution in [0.3, 0.4) is 0 Å². The van der Waals surface area contributed by atoms with Gasteiger partial charge in [-0.15, -0.1) is 11.3 Å². The third-order valence-corrected chi connectivity index (χ3v) is 2.67. The van der Waals surface area contributed by atoms with Gasteiger partial charge in [0.15, 0.2) is 0 Å². The number of nitrogens with zero attached hydrogens (tertiary/aromatic N) is 1. The van der Waals surface area contributed by atoms with Crippen LogP contribution in [0, 0.1) is 13.8 Å². The molecule has 5 heteroatoms. The first-order chi connectivity index (χ1) is 5.65. The Bertz CT molecular complexity index is 262. The second kappa shape index (κ2) is 3.95. The third kappa shape index (κ3) is 2.01. The van der Waals surface area contributed by atoms with Crippen molar-refractivity contribution in [2.24, 2.45) is 5.90 Å². The van der Waals surface area contributed by atoms with E-state index in [9.17, 15) is 5.11 Å². The van der Waals surface area contributed by atoms with Crippen LogP contribution in [0.1, 0.15) is 21.7 Å². The monoisotopic (exact) mass is 188 g/mol. The largest absolute Gasteiger partial charge is 0.385 e. The summed E-state index contributed by atoms with van der Waals surface area (Å²) in [5.74, 6) is 4.85. The molecular weight excluding hydrogens is 176 g/mol. The summed E-state index contributed by atoms with van der Waals surface area (Å²) in [7, 11) is 0. The minimum atomic E-state index is -0.652. The summed E-state index contributed by atoms with van der Waals surface area (Å²) in [6.45, 7) is 3.87. The van der Waals surface area contributed by atoms with Crippen LogP contribution >= 0.6 is 11.3 Å². The van der Waals surface area contributed by atoms with Crippen molar-refractivity contribution in [1.29, 1.82) is 0 Å². The molecular formula is C7H12N2O2S. The fourth-order valence-corrected chi connectivity index (χ4v) is 1.92. The van der Waals surface area contributed by atoms with Crippen molar-refractivity contribution in [1.82, 2.24) is 4.98 Å². The first kappa shape index (κ1) is 9.60. The fourth-order valence-electron chi connectivity index (χ4n) is 1.02. The predicted octanol–water partition coefficient (Wildman–Crippen LogP) is 0.684. The van der Waals surface area contributed by atoms with Gasteiger partial charge in [-0.25, -0.2) is 10.9 Å². The van der Waals surface area contributed by atoms with Gasteiger partial charge in [0, 0.05) is 0 Å². The number of aryl methyl sites for hydroxylation is 2. The summed E-state index contributed by atoms with van der Waals surface area (Å²) in [6, 6.07) is 0. The molecule has 0 radical (unpaired) electrons. The maximum Gasteiger partial charge on any atom is 0.115 e. The fraction of sp³-hybridized carbons (Fsp3) is 0.571. The molecule has 0 fully saturated rings. The molecule has 0 aromatic carbocycles. The molecule has 68 valence electrons. The average Bonchev–Trinajstić information content (AvgIpc) is 2.30. The lowest BCUT2D eigenvalue weighted by molar-refractivity contribution is 0.0373. The van der Waals surface area contributed by atoms with E-state index in [4.69, 9.17) is 5.90 Å². The summed E-state index contributed by atoms with van der Waals surface area (Å²) in [5.41, 5.74) is 0.849. The first-order valence-electron chi connectivity index (χ1n) is 3.58. The van der Waals surface area contributed by atoms with Crippen molar-refractivity contribution in [3.05, 3.63) is 15.6 Å². The number of nitrogens with two attached hydrogens (primary N) is 1. The van der Waals surface area contributed by atoms with E-state index in [1.54, 1.807) is 0 Å². The Kier molecular flexibility index (Phi) is 3.16. The molecule has 12 heavy (non-hydrogen) atoms. The molecule has 1 aromatic heterocycles. The van der Waals surface area contributed by atoms with Gasteiger partial charge in [0.2, 0.25) is 0 Å². The van der Waals surface area contributed by atoms with E-state index < -0.39 is 6.10 Å². The molecule has 0 aliphatic rings. The number of thiazole rings is 1. The number of aromatic nitrogens is 1. The van der Waals surface area contributed by atoms with Crippen LogP contribution in [-0.2, 0) is 4.84 Å². The van der Waals surface area contributed by atoms with E-state index in [1.165, 1.54) is 11.3 Å². The van der Waals surface area contributed by atoms with Crippen molar-refractivity contribution < 1.29 is 9.94 Å². The zero-order chi connectivity index (χ0) is 9.14. The highest BCUT2D eigenvalue weighted by Gasteiger charge is 2.14. The highest BCUT2D eigenvalue weighted by atomic mass is 32.1. The van der Waals surface area contributed by atoms with Crippen LogP contribution < -0.4 is 5.90 Å². The predicted molar refractivity (Wildman–Crippen MR) is 46.7 cm³/mol. The molecule has 4 nitrogen and oxygen atoms in total. The zero-order valence-corrected chi connectivity index (χ0v) is 7.89. The van der Waals surface area contributed by atoms with E-state index in [2.05, 4.69) is 9.82 Å². The summed E-state index contributed by atoms with van der Waals surface area (Å²) in [4.78, 5) is 9.36. The molecule has 3 N–H and O–H groups in total. The zero-order valence-electron chi connectivity index (χ0n) is 7.07. The average molecular weight is 188 g/mol. The van der Waals surface area contributed by atoms with Crippen molar-refractivity contribution in [3.63, 3.8) is 0 Å². The third-order valence-electron chi connectivity index (χ3n) is 1.50. The van der Waals surface area contributed by atoms with E-state index in [0.29, 0.717) is 0 Å². The van der Waals surface area contributed by atoms with E-state index in [0.717, 1.165) is 15.6 Å². The number of aliphatic hydroxyl groups is 1. The van der Waals surface area contributed by atoms with Crippen LogP contribution in [0.25, 0.3) is 0 Å². The van der Waals surface area contributed by atoms with Gasteiger partial charge in [0.05, 0.1) is 22.2 Å². The molecule has 1 heterocycles. The Hall–Kier alpha value is -0.490. The van der Waals surface area contributed by atoms with Crippen molar-refractivity contribution >= 4 is 11.3 Å². The van der Waals surface area contributed by atoms with Crippen LogP contribution in [0.2, 0.25) is 0 Å². The van der Waals surface area contributed by atoms with E-state index in [-0.39, 0.29) is 6.61 Å². The summed E-state index contributed by atoms with van der Waals surface area (Å²) >= 11 is 1.47. The van der Waals surface area contributed by atoms with Gasteiger partial charge in [-0.1, -0.05) is 0 Å². The Labute approximate surface area is 75.0 Å². The van der Waals surface area contributed by atoms with Crippen LogP contribution in [0.4, 0.5) is 0 Å².